The number of aliphatic hydroxyl groups is 1. The van der Waals surface area contributed by atoms with Gasteiger partial charge in [-0.15, -0.1) is 0 Å². The number of hydrogen-bond acceptors (Lipinski definition) is 14. The number of phenols is 1. The lowest BCUT2D eigenvalue weighted by Crippen LogP contribution is -2.60. The molecule has 3 rings (SSSR count). The zero-order valence-electron chi connectivity index (χ0n) is 41.0. The number of carbonyl (C=O) groups excluding carboxylic acids is 8. The molecule has 8 amide bonds. The molecular formula is C45H73N15O12. The molecule has 2 aliphatic heterocycles. The van der Waals surface area contributed by atoms with Crippen LogP contribution in [0.25, 0.3) is 0 Å². The average Bonchev–Trinajstić information content (AvgIpc) is 4.04. The van der Waals surface area contributed by atoms with Crippen LogP contribution in [0.2, 0.25) is 0 Å². The molecule has 0 aliphatic carbocycles. The van der Waals surface area contributed by atoms with E-state index < -0.39 is 114 Å². The van der Waals surface area contributed by atoms with Crippen LogP contribution in [-0.4, -0.2) is 178 Å². The first-order valence-electron chi connectivity index (χ1n) is 24.0. The Morgan fingerprint density at radius 2 is 1.19 bits per heavy atom. The average molecular weight is 1020 g/mol. The van der Waals surface area contributed by atoms with Gasteiger partial charge in [0.25, 0.3) is 0 Å². The van der Waals surface area contributed by atoms with E-state index in [1.807, 2.05) is 0 Å². The largest absolute Gasteiger partial charge is 0.508 e. The summed E-state index contributed by atoms with van der Waals surface area (Å²) in [4.78, 5) is 132. The second-order valence-corrected chi connectivity index (χ2v) is 17.8. The molecular weight excluding hydrogens is 943 g/mol. The van der Waals surface area contributed by atoms with Crippen LogP contribution in [0.1, 0.15) is 84.1 Å². The van der Waals surface area contributed by atoms with Crippen LogP contribution in [0.3, 0.4) is 0 Å². The first-order chi connectivity index (χ1) is 34.1. The molecule has 0 radical (unpaired) electrons. The molecule has 2 fully saturated rings. The number of guanidine groups is 2. The Morgan fingerprint density at radius 1 is 0.694 bits per heavy atom. The molecule has 2 heterocycles. The highest BCUT2D eigenvalue weighted by Crippen LogP contribution is 2.25. The quantitative estimate of drug-likeness (QED) is 0.0212. The van der Waals surface area contributed by atoms with Crippen molar-refractivity contribution in [2.75, 3.05) is 39.3 Å². The van der Waals surface area contributed by atoms with Gasteiger partial charge in [-0.2, -0.15) is 0 Å². The van der Waals surface area contributed by atoms with E-state index in [1.54, 1.807) is 13.8 Å². The third-order valence-electron chi connectivity index (χ3n) is 12.3. The summed E-state index contributed by atoms with van der Waals surface area (Å²) in [6, 6.07) is -4.48. The fraction of sp³-hybridized carbons (Fsp3) is 0.622. The van der Waals surface area contributed by atoms with Crippen molar-refractivity contribution in [2.24, 2.45) is 44.6 Å². The predicted molar refractivity (Wildman–Crippen MR) is 262 cm³/mol. The minimum absolute atomic E-state index is 0.0405. The molecule has 2 saturated heterocycles. The third-order valence-corrected chi connectivity index (χ3v) is 12.3. The molecule has 1 aromatic carbocycles. The fourth-order valence-electron chi connectivity index (χ4n) is 8.08. The van der Waals surface area contributed by atoms with E-state index in [2.05, 4.69) is 41.9 Å². The monoisotopic (exact) mass is 1020 g/mol. The second kappa shape index (κ2) is 29.1. The summed E-state index contributed by atoms with van der Waals surface area (Å²) in [6.07, 6.45) is 1.74. The predicted octanol–water partition coefficient (Wildman–Crippen LogP) is -4.97. The number of aliphatic imine (C=N–C) groups is 2. The molecule has 400 valence electrons. The fourth-order valence-corrected chi connectivity index (χ4v) is 8.08. The number of nitrogens with one attached hydrogen (secondary N) is 6. The van der Waals surface area contributed by atoms with Crippen molar-refractivity contribution in [1.29, 1.82) is 0 Å². The first-order valence-corrected chi connectivity index (χ1v) is 24.0. The zero-order valence-corrected chi connectivity index (χ0v) is 41.0. The Labute approximate surface area is 417 Å². The van der Waals surface area contributed by atoms with Crippen LogP contribution in [0, 0.1) is 5.92 Å². The molecule has 27 heteroatoms. The lowest BCUT2D eigenvalue weighted by Gasteiger charge is -2.32. The summed E-state index contributed by atoms with van der Waals surface area (Å²) in [5.41, 5.74) is 27.9. The Balaban J connectivity index is 1.88. The Kier molecular flexibility index (Phi) is 23.9. The van der Waals surface area contributed by atoms with Crippen molar-refractivity contribution in [3.05, 3.63) is 29.8 Å². The maximum absolute atomic E-state index is 14.3. The molecule has 0 bridgehead atoms. The van der Waals surface area contributed by atoms with Gasteiger partial charge < -0.3 is 85.7 Å². The molecule has 0 unspecified atom stereocenters. The standard InChI is InChI=1S/C45H73N15O12/c1-4-24(2)35(43(71)72)58-38(66)29(10-6-18-52-45(49)50)54-40(68)31(23-61)57-39(67)30(21-26-13-15-27(62)16-14-26)56-37(65)28(9-5-17-51-44(47)48)55-41(69)32-11-7-20-60(32)42(70)33-12-8-19-59(33)34(63)22-53-36(64)25(3)46/h13-16,24-25,28-33,35,61-62H,4-12,17-23,46H2,1-3H3,(H,53,64)(H,54,68)(H,55,69)(H,56,65)(H,57,67)(H,58,66)(H,71,72)(H4,47,48,51)(H4,49,50,52)/t24-,25-,28-,29-,30-,31-,32-,33-,35-/m0/s1. The summed E-state index contributed by atoms with van der Waals surface area (Å²) in [6.45, 7) is 3.96. The number of aliphatic carboxylic acids is 1. The topological polar surface area (TPSA) is 448 Å². The van der Waals surface area contributed by atoms with Crippen molar-refractivity contribution in [3.63, 3.8) is 0 Å². The maximum atomic E-state index is 14.3. The highest BCUT2D eigenvalue weighted by molar-refractivity contribution is 5.98. The van der Waals surface area contributed by atoms with Crippen molar-refractivity contribution in [3.8, 4) is 5.75 Å². The minimum atomic E-state index is -1.73. The van der Waals surface area contributed by atoms with Crippen molar-refractivity contribution in [2.45, 2.75) is 133 Å². The van der Waals surface area contributed by atoms with Gasteiger partial charge in [-0.1, -0.05) is 32.4 Å². The summed E-state index contributed by atoms with van der Waals surface area (Å²) in [7, 11) is 0. The maximum Gasteiger partial charge on any atom is 0.326 e. The van der Waals surface area contributed by atoms with E-state index in [0.717, 1.165) is 0 Å². The van der Waals surface area contributed by atoms with Crippen molar-refractivity contribution >= 4 is 65.1 Å². The van der Waals surface area contributed by atoms with Crippen molar-refractivity contribution in [1.82, 2.24) is 41.7 Å². The van der Waals surface area contributed by atoms with Crippen molar-refractivity contribution < 1.29 is 58.5 Å². The molecule has 9 atom stereocenters. The van der Waals surface area contributed by atoms with E-state index in [4.69, 9.17) is 28.7 Å². The first kappa shape index (κ1) is 59.0. The number of benzene rings is 1. The highest BCUT2D eigenvalue weighted by Gasteiger charge is 2.43. The van der Waals surface area contributed by atoms with Gasteiger partial charge in [-0.25, -0.2) is 4.79 Å². The lowest BCUT2D eigenvalue weighted by molar-refractivity contribution is -0.147. The summed E-state index contributed by atoms with van der Waals surface area (Å²) < 4.78 is 0. The Morgan fingerprint density at radius 3 is 1.74 bits per heavy atom. The number of phenolic OH excluding ortho intramolecular Hbond substituents is 1. The van der Waals surface area contributed by atoms with Gasteiger partial charge in [0.1, 0.15) is 48.0 Å². The minimum Gasteiger partial charge on any atom is -0.508 e. The summed E-state index contributed by atoms with van der Waals surface area (Å²) in [5.74, 6) is -8.34. The molecule has 0 aromatic heterocycles. The van der Waals surface area contributed by atoms with Crippen LogP contribution in [-0.2, 0) is 49.6 Å². The number of aromatic hydroxyl groups is 1. The number of hydrogen-bond donors (Lipinski definition) is 14. The molecule has 0 spiro atoms. The van der Waals surface area contributed by atoms with E-state index >= 15 is 0 Å². The van der Waals surface area contributed by atoms with Gasteiger partial charge in [0, 0.05) is 32.6 Å². The number of amides is 8. The van der Waals surface area contributed by atoms with Crippen LogP contribution in [0.15, 0.2) is 34.3 Å². The van der Waals surface area contributed by atoms with Gasteiger partial charge in [-0.05, 0) is 81.9 Å². The normalized spacial score (nSPS) is 18.1. The van der Waals surface area contributed by atoms with E-state index in [1.165, 1.54) is 41.0 Å². The second-order valence-electron chi connectivity index (χ2n) is 17.8. The number of rotatable bonds is 28. The van der Waals surface area contributed by atoms with Gasteiger partial charge in [-0.3, -0.25) is 48.3 Å². The Bertz CT molecular complexity index is 2120. The van der Waals surface area contributed by atoms with Gasteiger partial charge in [0.15, 0.2) is 11.9 Å². The SMILES string of the molecule is CC[C@H](C)[C@H](NC(=O)[C@H](CCCN=C(N)N)NC(=O)[C@H](CO)NC(=O)[C@H](Cc1ccc(O)cc1)NC(=O)[C@H](CCCN=C(N)N)NC(=O)[C@@H]1CCCN1C(=O)[C@@H]1CCCN1C(=O)CNC(=O)[C@H](C)N)C(=O)O. The zero-order chi connectivity index (χ0) is 53.7. The summed E-state index contributed by atoms with van der Waals surface area (Å²) >= 11 is 0. The number of nitrogens with two attached hydrogens (primary N) is 5. The van der Waals surface area contributed by atoms with E-state index in [-0.39, 0.29) is 88.9 Å². The number of likely N-dealkylation sites (tertiary alicyclic amines) is 2. The highest BCUT2D eigenvalue weighted by atomic mass is 16.4. The number of aliphatic hydroxyl groups excluding tert-OH is 1. The lowest BCUT2D eigenvalue weighted by atomic mass is 9.98. The van der Waals surface area contributed by atoms with E-state index in [9.17, 15) is 58.5 Å². The number of carboxylic acids is 1. The van der Waals surface area contributed by atoms with Gasteiger partial charge in [0.2, 0.25) is 47.3 Å². The number of nitrogens with zero attached hydrogens (tertiary/aromatic N) is 4. The molecule has 1 aromatic rings. The van der Waals surface area contributed by atoms with Crippen LogP contribution in [0.5, 0.6) is 5.75 Å². The van der Waals surface area contributed by atoms with E-state index in [0.29, 0.717) is 31.2 Å². The van der Waals surface area contributed by atoms with Crippen LogP contribution >= 0.6 is 0 Å². The van der Waals surface area contributed by atoms with Gasteiger partial charge in [0.05, 0.1) is 19.2 Å². The van der Waals surface area contributed by atoms with Crippen LogP contribution in [0.4, 0.5) is 0 Å². The van der Waals surface area contributed by atoms with Gasteiger partial charge >= 0.3 is 5.97 Å². The molecule has 2 aliphatic rings. The third kappa shape index (κ3) is 18.5. The molecule has 19 N–H and O–H groups in total. The smallest absolute Gasteiger partial charge is 0.326 e. The molecule has 27 nitrogen and oxygen atoms in total. The Hall–Kier alpha value is -7.29. The number of carbonyl (C=O) groups is 9. The van der Waals surface area contributed by atoms with Crippen LogP contribution < -0.4 is 60.6 Å². The molecule has 0 saturated carbocycles. The molecule has 72 heavy (non-hydrogen) atoms. The summed E-state index contributed by atoms with van der Waals surface area (Å²) in [5, 5.41) is 45.3. The number of carboxylic acid groups (broad SMARTS) is 1.